The second kappa shape index (κ2) is 7.97. The zero-order chi connectivity index (χ0) is 17.6. The third-order valence-electron chi connectivity index (χ3n) is 4.80. The minimum atomic E-state index is -0.655. The molecule has 0 aliphatic heterocycles. The fraction of sp³-hybridized carbons (Fsp3) is 0.333. The maximum Gasteiger partial charge on any atom is 0.328 e. The Morgan fingerprint density at radius 2 is 1.76 bits per heavy atom. The molecule has 0 saturated carbocycles. The van der Waals surface area contributed by atoms with Crippen LogP contribution < -0.4 is 5.32 Å². The Morgan fingerprint density at radius 3 is 2.48 bits per heavy atom. The molecule has 0 heterocycles. The Labute approximate surface area is 148 Å². The molecule has 0 saturated heterocycles. The van der Waals surface area contributed by atoms with Crippen molar-refractivity contribution in [2.45, 2.75) is 31.7 Å². The van der Waals surface area contributed by atoms with E-state index in [2.05, 4.69) is 17.4 Å². The molecule has 0 unspecified atom stereocenters. The van der Waals surface area contributed by atoms with Crippen molar-refractivity contribution < 1.29 is 14.3 Å². The Balaban J connectivity index is 1.67. The number of carbonyl (C=O) groups is 2. The molecule has 4 nitrogen and oxygen atoms in total. The van der Waals surface area contributed by atoms with Crippen LogP contribution in [0.3, 0.4) is 0 Å². The van der Waals surface area contributed by atoms with E-state index in [0.717, 1.165) is 24.8 Å². The molecular formula is C21H23NO3. The van der Waals surface area contributed by atoms with Gasteiger partial charge in [-0.1, -0.05) is 54.6 Å². The van der Waals surface area contributed by atoms with Gasteiger partial charge < -0.3 is 10.1 Å². The van der Waals surface area contributed by atoms with Gasteiger partial charge in [0.15, 0.2) is 0 Å². The third kappa shape index (κ3) is 4.27. The summed E-state index contributed by atoms with van der Waals surface area (Å²) in [6.07, 6.45) is 2.86. The third-order valence-corrected chi connectivity index (χ3v) is 4.80. The predicted molar refractivity (Wildman–Crippen MR) is 96.0 cm³/mol. The lowest BCUT2D eigenvalue weighted by Gasteiger charge is -2.26. The fourth-order valence-electron chi connectivity index (χ4n) is 3.40. The average Bonchev–Trinajstić information content (AvgIpc) is 2.67. The molecule has 130 valence electrons. The molecule has 1 amide bonds. The fourth-order valence-corrected chi connectivity index (χ4v) is 3.40. The van der Waals surface area contributed by atoms with Gasteiger partial charge in [-0.2, -0.15) is 0 Å². The van der Waals surface area contributed by atoms with Gasteiger partial charge >= 0.3 is 5.97 Å². The maximum atomic E-state index is 12.7. The van der Waals surface area contributed by atoms with E-state index < -0.39 is 12.0 Å². The molecule has 1 aliphatic carbocycles. The van der Waals surface area contributed by atoms with E-state index in [0.29, 0.717) is 6.42 Å². The zero-order valence-corrected chi connectivity index (χ0v) is 14.4. The van der Waals surface area contributed by atoms with Crippen LogP contribution in [0.25, 0.3) is 0 Å². The molecule has 2 atom stereocenters. The summed E-state index contributed by atoms with van der Waals surface area (Å²) in [6.45, 7) is 0. The van der Waals surface area contributed by atoms with Crippen molar-refractivity contribution in [1.82, 2.24) is 5.32 Å². The molecular weight excluding hydrogens is 314 g/mol. The number of nitrogens with one attached hydrogen (secondary N) is 1. The molecule has 4 heteroatoms. The molecule has 0 radical (unpaired) electrons. The highest BCUT2D eigenvalue weighted by atomic mass is 16.5. The number of fused-ring (bicyclic) bond motifs is 1. The Morgan fingerprint density at radius 1 is 1.08 bits per heavy atom. The Hall–Kier alpha value is -2.62. The molecule has 0 aromatic heterocycles. The highest BCUT2D eigenvalue weighted by Gasteiger charge is 2.28. The molecule has 0 fully saturated rings. The number of amides is 1. The van der Waals surface area contributed by atoms with Gasteiger partial charge in [-0.15, -0.1) is 0 Å². The number of aryl methyl sites for hydroxylation is 1. The summed E-state index contributed by atoms with van der Waals surface area (Å²) in [4.78, 5) is 24.8. The van der Waals surface area contributed by atoms with Gasteiger partial charge in [0.1, 0.15) is 6.04 Å². The number of ether oxygens (including phenoxy) is 1. The molecule has 0 spiro atoms. The summed E-state index contributed by atoms with van der Waals surface area (Å²) in [5, 5.41) is 2.90. The van der Waals surface area contributed by atoms with Crippen molar-refractivity contribution in [3.8, 4) is 0 Å². The summed E-state index contributed by atoms with van der Waals surface area (Å²) in [7, 11) is 1.35. The molecule has 2 aromatic rings. The second-order valence-corrected chi connectivity index (χ2v) is 6.48. The van der Waals surface area contributed by atoms with Crippen molar-refractivity contribution in [1.29, 1.82) is 0 Å². The molecule has 2 aromatic carbocycles. The Bertz CT molecular complexity index is 742. The summed E-state index contributed by atoms with van der Waals surface area (Å²) >= 11 is 0. The van der Waals surface area contributed by atoms with Crippen molar-refractivity contribution in [2.24, 2.45) is 5.92 Å². The highest BCUT2D eigenvalue weighted by Crippen LogP contribution is 2.25. The van der Waals surface area contributed by atoms with Crippen molar-refractivity contribution in [2.75, 3.05) is 7.11 Å². The van der Waals surface area contributed by atoms with Crippen LogP contribution in [0, 0.1) is 5.92 Å². The van der Waals surface area contributed by atoms with E-state index in [1.54, 1.807) is 0 Å². The van der Waals surface area contributed by atoms with E-state index in [1.807, 2.05) is 42.5 Å². The van der Waals surface area contributed by atoms with Crippen LogP contribution >= 0.6 is 0 Å². The number of carbonyl (C=O) groups excluding carboxylic acids is 2. The largest absolute Gasteiger partial charge is 0.467 e. The predicted octanol–water partition coefficient (Wildman–Crippen LogP) is 2.69. The Kier molecular flexibility index (Phi) is 5.49. The van der Waals surface area contributed by atoms with Crippen molar-refractivity contribution >= 4 is 11.9 Å². The smallest absolute Gasteiger partial charge is 0.328 e. The minimum absolute atomic E-state index is 0.0687. The molecule has 0 bridgehead atoms. The van der Waals surface area contributed by atoms with Crippen LogP contribution in [0.4, 0.5) is 0 Å². The monoisotopic (exact) mass is 337 g/mol. The van der Waals surface area contributed by atoms with Gasteiger partial charge in [0.25, 0.3) is 0 Å². The van der Waals surface area contributed by atoms with Gasteiger partial charge in [-0.3, -0.25) is 4.79 Å². The van der Waals surface area contributed by atoms with E-state index in [-0.39, 0.29) is 11.8 Å². The topological polar surface area (TPSA) is 55.4 Å². The van der Waals surface area contributed by atoms with E-state index in [9.17, 15) is 9.59 Å². The van der Waals surface area contributed by atoms with Crippen molar-refractivity contribution in [3.05, 3.63) is 71.3 Å². The number of rotatable bonds is 5. The number of hydrogen-bond donors (Lipinski definition) is 1. The molecule has 25 heavy (non-hydrogen) atoms. The standard InChI is InChI=1S/C21H23NO3/c1-25-21(24)19(13-15-7-3-2-4-8-15)22-20(23)18-12-11-16-9-5-6-10-17(16)14-18/h2-10,18-19H,11-14H2,1H3,(H,22,23)/t18-,19-/m0/s1. The van der Waals surface area contributed by atoms with Gasteiger partial charge in [-0.05, 0) is 36.0 Å². The van der Waals surface area contributed by atoms with Crippen molar-refractivity contribution in [3.63, 3.8) is 0 Å². The molecule has 3 rings (SSSR count). The van der Waals surface area contributed by atoms with Crippen LogP contribution in [0.1, 0.15) is 23.1 Å². The summed E-state index contributed by atoms with van der Waals surface area (Å²) in [6, 6.07) is 17.2. The second-order valence-electron chi connectivity index (χ2n) is 6.48. The number of methoxy groups -OCH3 is 1. The molecule has 1 N–H and O–H groups in total. The number of esters is 1. The lowest BCUT2D eigenvalue weighted by atomic mass is 9.83. The van der Waals surface area contributed by atoms with Crippen LogP contribution in [-0.2, 0) is 33.6 Å². The van der Waals surface area contributed by atoms with Gasteiger partial charge in [0.05, 0.1) is 7.11 Å². The van der Waals surface area contributed by atoms with Crippen LogP contribution in [0.2, 0.25) is 0 Å². The normalized spacial score (nSPS) is 17.2. The number of benzene rings is 2. The quantitative estimate of drug-likeness (QED) is 0.854. The van der Waals surface area contributed by atoms with Crippen LogP contribution in [0.5, 0.6) is 0 Å². The lowest BCUT2D eigenvalue weighted by Crippen LogP contribution is -2.46. The first-order valence-electron chi connectivity index (χ1n) is 8.66. The highest BCUT2D eigenvalue weighted by molar-refractivity contribution is 5.86. The SMILES string of the molecule is COC(=O)[C@H](Cc1ccccc1)NC(=O)[C@H]1CCc2ccccc2C1. The van der Waals surface area contributed by atoms with Gasteiger partial charge in [0.2, 0.25) is 5.91 Å². The minimum Gasteiger partial charge on any atom is -0.467 e. The molecule has 1 aliphatic rings. The first kappa shape index (κ1) is 17.2. The van der Waals surface area contributed by atoms with Gasteiger partial charge in [0, 0.05) is 12.3 Å². The lowest BCUT2D eigenvalue weighted by molar-refractivity contribution is -0.145. The van der Waals surface area contributed by atoms with Crippen LogP contribution in [-0.4, -0.2) is 25.0 Å². The summed E-state index contributed by atoms with van der Waals surface area (Å²) in [5.74, 6) is -0.577. The van der Waals surface area contributed by atoms with Gasteiger partial charge in [-0.25, -0.2) is 4.79 Å². The first-order valence-corrected chi connectivity index (χ1v) is 8.66. The number of hydrogen-bond acceptors (Lipinski definition) is 3. The summed E-state index contributed by atoms with van der Waals surface area (Å²) in [5.41, 5.74) is 3.54. The summed E-state index contributed by atoms with van der Waals surface area (Å²) < 4.78 is 4.88. The van der Waals surface area contributed by atoms with E-state index in [1.165, 1.54) is 18.2 Å². The first-order chi connectivity index (χ1) is 12.2. The van der Waals surface area contributed by atoms with Crippen LogP contribution in [0.15, 0.2) is 54.6 Å². The maximum absolute atomic E-state index is 12.7. The average molecular weight is 337 g/mol. The zero-order valence-electron chi connectivity index (χ0n) is 14.4. The van der Waals surface area contributed by atoms with E-state index in [4.69, 9.17) is 4.74 Å². The van der Waals surface area contributed by atoms with E-state index >= 15 is 0 Å².